The van der Waals surface area contributed by atoms with Crippen molar-refractivity contribution in [2.24, 2.45) is 0 Å². The van der Waals surface area contributed by atoms with Gasteiger partial charge in [0.25, 0.3) is 0 Å². The van der Waals surface area contributed by atoms with Gasteiger partial charge < -0.3 is 5.32 Å². The van der Waals surface area contributed by atoms with E-state index in [1.54, 1.807) is 0 Å². The van der Waals surface area contributed by atoms with Crippen molar-refractivity contribution in [3.05, 3.63) is 5.69 Å². The number of hydrogen-bond donors (Lipinski definition) is 1. The molecule has 0 aliphatic rings. The van der Waals surface area contributed by atoms with Crippen LogP contribution in [-0.2, 0) is 11.2 Å². The Balaban J connectivity index is 2.68. The summed E-state index contributed by atoms with van der Waals surface area (Å²) in [4.78, 5) is 10.8. The molecule has 0 saturated carbocycles. The first-order valence-electron chi connectivity index (χ1n) is 3.45. The van der Waals surface area contributed by atoms with Gasteiger partial charge in [-0.1, -0.05) is 12.1 Å². The van der Waals surface area contributed by atoms with Crippen molar-refractivity contribution in [2.75, 3.05) is 11.2 Å². The number of halogens is 1. The zero-order valence-electron chi connectivity index (χ0n) is 6.50. The van der Waals surface area contributed by atoms with Gasteiger partial charge in [0.1, 0.15) is 11.6 Å². The molecule has 1 N–H and O–H groups in total. The highest BCUT2D eigenvalue weighted by Crippen LogP contribution is 2.09. The maximum absolute atomic E-state index is 10.8. The number of alkyl halides is 1. The average Bonchev–Trinajstić information content (AvgIpc) is 2.51. The lowest BCUT2D eigenvalue weighted by Gasteiger charge is -1.96. The molecule has 5 nitrogen and oxygen atoms in total. The number of nitrogens with zero attached hydrogens (tertiary/aromatic N) is 2. The molecule has 0 atom stereocenters. The van der Waals surface area contributed by atoms with E-state index in [2.05, 4.69) is 20.3 Å². The number of rotatable bonds is 3. The third kappa shape index (κ3) is 1.94. The highest BCUT2D eigenvalue weighted by atomic mass is 35.5. The van der Waals surface area contributed by atoms with Gasteiger partial charge in [-0.3, -0.25) is 4.79 Å². The second-order valence-electron chi connectivity index (χ2n) is 2.09. The summed E-state index contributed by atoms with van der Waals surface area (Å²) in [6, 6.07) is 0. The van der Waals surface area contributed by atoms with Gasteiger partial charge in [-0.05, 0) is 11.6 Å². The van der Waals surface area contributed by atoms with Crippen LogP contribution in [0.3, 0.4) is 0 Å². The summed E-state index contributed by atoms with van der Waals surface area (Å²) in [5, 5.41) is 9.53. The fourth-order valence-electron chi connectivity index (χ4n) is 0.699. The summed E-state index contributed by atoms with van der Waals surface area (Å²) in [5.74, 6) is -0.0686. The van der Waals surface area contributed by atoms with Crippen molar-refractivity contribution in [3.8, 4) is 0 Å². The Bertz CT molecular complexity index is 274. The second kappa shape index (κ2) is 4.06. The number of amides is 1. The van der Waals surface area contributed by atoms with Gasteiger partial charge in [-0.2, -0.15) is 0 Å². The molecule has 0 saturated heterocycles. The molecule has 0 radical (unpaired) electrons. The number of anilines is 1. The summed E-state index contributed by atoms with van der Waals surface area (Å²) in [6.45, 7) is 1.88. The SMILES string of the molecule is CCc1nonc1NC(=O)CCl. The van der Waals surface area contributed by atoms with Crippen molar-refractivity contribution < 1.29 is 9.42 Å². The summed E-state index contributed by atoms with van der Waals surface area (Å²) in [5.41, 5.74) is 0.619. The topological polar surface area (TPSA) is 68.0 Å². The van der Waals surface area contributed by atoms with E-state index >= 15 is 0 Å². The first-order valence-corrected chi connectivity index (χ1v) is 3.98. The van der Waals surface area contributed by atoms with Crippen molar-refractivity contribution in [3.63, 3.8) is 0 Å². The van der Waals surface area contributed by atoms with E-state index in [0.29, 0.717) is 17.9 Å². The van der Waals surface area contributed by atoms with Crippen molar-refractivity contribution in [2.45, 2.75) is 13.3 Å². The lowest BCUT2D eigenvalue weighted by molar-refractivity contribution is -0.114. The molecule has 12 heavy (non-hydrogen) atoms. The van der Waals surface area contributed by atoms with Crippen LogP contribution in [0.25, 0.3) is 0 Å². The van der Waals surface area contributed by atoms with Gasteiger partial charge in [0, 0.05) is 0 Å². The van der Waals surface area contributed by atoms with E-state index in [-0.39, 0.29) is 11.8 Å². The van der Waals surface area contributed by atoms with Gasteiger partial charge in [0.2, 0.25) is 11.7 Å². The van der Waals surface area contributed by atoms with Crippen LogP contribution in [0.5, 0.6) is 0 Å². The minimum absolute atomic E-state index is 0.101. The molecule has 0 aliphatic carbocycles. The zero-order chi connectivity index (χ0) is 8.97. The molecular weight excluding hydrogens is 182 g/mol. The Morgan fingerprint density at radius 1 is 1.67 bits per heavy atom. The Hall–Kier alpha value is -1.10. The normalized spacial score (nSPS) is 9.83. The van der Waals surface area contributed by atoms with Gasteiger partial charge in [0.15, 0.2) is 0 Å². The molecule has 6 heteroatoms. The minimum Gasteiger partial charge on any atom is -0.305 e. The van der Waals surface area contributed by atoms with Crippen LogP contribution in [0, 0.1) is 0 Å². The van der Waals surface area contributed by atoms with Crippen LogP contribution in [-0.4, -0.2) is 22.1 Å². The van der Waals surface area contributed by atoms with E-state index in [1.807, 2.05) is 6.92 Å². The van der Waals surface area contributed by atoms with Crippen LogP contribution >= 0.6 is 11.6 Å². The summed E-state index contributed by atoms with van der Waals surface area (Å²) in [7, 11) is 0. The summed E-state index contributed by atoms with van der Waals surface area (Å²) in [6.07, 6.45) is 0.654. The minimum atomic E-state index is -0.318. The fraction of sp³-hybridized carbons (Fsp3) is 0.500. The molecule has 0 spiro atoms. The van der Waals surface area contributed by atoms with Crippen LogP contribution in [0.1, 0.15) is 12.6 Å². The van der Waals surface area contributed by atoms with E-state index in [4.69, 9.17) is 11.6 Å². The van der Waals surface area contributed by atoms with Crippen molar-refractivity contribution in [1.29, 1.82) is 0 Å². The Morgan fingerprint density at radius 2 is 2.42 bits per heavy atom. The predicted molar refractivity (Wildman–Crippen MR) is 43.0 cm³/mol. The largest absolute Gasteiger partial charge is 0.305 e. The summed E-state index contributed by atoms with van der Waals surface area (Å²) < 4.78 is 4.42. The van der Waals surface area contributed by atoms with E-state index in [1.165, 1.54) is 0 Å². The molecule has 0 fully saturated rings. The third-order valence-corrected chi connectivity index (χ3v) is 1.51. The van der Waals surface area contributed by atoms with E-state index < -0.39 is 0 Å². The molecule has 1 amide bonds. The Labute approximate surface area is 74.0 Å². The molecule has 0 unspecified atom stereocenters. The van der Waals surface area contributed by atoms with Crippen LogP contribution < -0.4 is 5.32 Å². The molecule has 0 bridgehead atoms. The maximum Gasteiger partial charge on any atom is 0.240 e. The number of hydrogen-bond acceptors (Lipinski definition) is 4. The monoisotopic (exact) mass is 189 g/mol. The lowest BCUT2D eigenvalue weighted by Crippen LogP contribution is -2.13. The molecule has 1 aromatic heterocycles. The zero-order valence-corrected chi connectivity index (χ0v) is 7.26. The Morgan fingerprint density at radius 3 is 3.00 bits per heavy atom. The highest BCUT2D eigenvalue weighted by Gasteiger charge is 2.09. The van der Waals surface area contributed by atoms with E-state index in [9.17, 15) is 4.79 Å². The first kappa shape index (κ1) is 8.99. The number of nitrogens with one attached hydrogen (secondary N) is 1. The standard InChI is InChI=1S/C6H8ClN3O2/c1-2-4-6(10-12-9-4)8-5(11)3-7/h2-3H2,1H3,(H,8,10,11). The number of carbonyl (C=O) groups excluding carboxylic acids is 1. The average molecular weight is 190 g/mol. The van der Waals surface area contributed by atoms with Gasteiger partial charge >= 0.3 is 0 Å². The number of carbonyl (C=O) groups is 1. The smallest absolute Gasteiger partial charge is 0.240 e. The molecule has 1 rings (SSSR count). The van der Waals surface area contributed by atoms with Crippen LogP contribution in [0.2, 0.25) is 0 Å². The van der Waals surface area contributed by atoms with Crippen LogP contribution in [0.15, 0.2) is 4.63 Å². The molecule has 66 valence electrons. The highest BCUT2D eigenvalue weighted by molar-refractivity contribution is 6.29. The quantitative estimate of drug-likeness (QED) is 0.715. The molecule has 1 heterocycles. The first-order chi connectivity index (χ1) is 5.77. The molecule has 0 aliphatic heterocycles. The number of aromatic nitrogens is 2. The summed E-state index contributed by atoms with van der Waals surface area (Å²) >= 11 is 5.27. The van der Waals surface area contributed by atoms with Gasteiger partial charge in [-0.15, -0.1) is 11.6 Å². The molecule has 0 aromatic carbocycles. The molecular formula is C6H8ClN3O2. The number of aryl methyl sites for hydroxylation is 1. The van der Waals surface area contributed by atoms with Gasteiger partial charge in [0.05, 0.1) is 0 Å². The third-order valence-electron chi connectivity index (χ3n) is 1.27. The second-order valence-corrected chi connectivity index (χ2v) is 2.36. The lowest BCUT2D eigenvalue weighted by atomic mass is 10.3. The van der Waals surface area contributed by atoms with E-state index in [0.717, 1.165) is 0 Å². The molecule has 1 aromatic rings. The van der Waals surface area contributed by atoms with Gasteiger partial charge in [-0.25, -0.2) is 4.63 Å². The fourth-order valence-corrected chi connectivity index (χ4v) is 0.766. The van der Waals surface area contributed by atoms with Crippen molar-refractivity contribution >= 4 is 23.3 Å². The predicted octanol–water partition coefficient (Wildman–Crippen LogP) is 0.809. The van der Waals surface area contributed by atoms with Crippen molar-refractivity contribution in [1.82, 2.24) is 10.3 Å². The van der Waals surface area contributed by atoms with Crippen LogP contribution in [0.4, 0.5) is 5.82 Å². The maximum atomic E-state index is 10.8. The Kier molecular flexibility index (Phi) is 3.04.